The summed E-state index contributed by atoms with van der Waals surface area (Å²) in [5, 5.41) is 13.4. The van der Waals surface area contributed by atoms with Gasteiger partial charge in [0.1, 0.15) is 0 Å². The first-order valence-electron chi connectivity index (χ1n) is 7.75. The molecule has 0 saturated carbocycles. The van der Waals surface area contributed by atoms with Gasteiger partial charge in [-0.25, -0.2) is 13.1 Å². The molecule has 26 heavy (non-hydrogen) atoms. The number of carboxylic acids is 1. The van der Waals surface area contributed by atoms with Crippen LogP contribution >= 0.6 is 11.3 Å². The van der Waals surface area contributed by atoms with Crippen LogP contribution in [-0.2, 0) is 21.4 Å². The lowest BCUT2D eigenvalue weighted by atomic mass is 9.94. The zero-order chi connectivity index (χ0) is 19.4. The first kappa shape index (κ1) is 20.1. The minimum absolute atomic E-state index is 0.0381. The lowest BCUT2D eigenvalue weighted by Gasteiger charge is -2.19. The van der Waals surface area contributed by atoms with Crippen molar-refractivity contribution in [2.24, 2.45) is 5.41 Å². The third kappa shape index (κ3) is 5.13. The fraction of sp³-hybridized carbons (Fsp3) is 0.294. The molecule has 0 aliphatic rings. The largest absolute Gasteiger partial charge is 0.481 e. The van der Waals surface area contributed by atoms with E-state index in [4.69, 9.17) is 5.11 Å². The molecule has 0 saturated heterocycles. The molecule has 1 aromatic heterocycles. The van der Waals surface area contributed by atoms with E-state index in [2.05, 4.69) is 10.0 Å². The SMILES string of the molecule is CC(C)(CNC(=O)c1ccc(S(=O)(=O)NCc2cccs2)cc1)C(=O)O. The summed E-state index contributed by atoms with van der Waals surface area (Å²) in [6.07, 6.45) is 0. The second kappa shape index (κ2) is 7.98. The minimum Gasteiger partial charge on any atom is -0.481 e. The minimum atomic E-state index is -3.68. The number of benzene rings is 1. The van der Waals surface area contributed by atoms with Gasteiger partial charge >= 0.3 is 5.97 Å². The Hall–Kier alpha value is -2.23. The molecule has 3 N–H and O–H groups in total. The summed E-state index contributed by atoms with van der Waals surface area (Å²) < 4.78 is 27.0. The summed E-state index contributed by atoms with van der Waals surface area (Å²) in [7, 11) is -3.68. The average Bonchev–Trinajstić information content (AvgIpc) is 3.11. The summed E-state index contributed by atoms with van der Waals surface area (Å²) in [4.78, 5) is 24.1. The lowest BCUT2D eigenvalue weighted by molar-refractivity contribution is -0.146. The molecule has 0 radical (unpaired) electrons. The van der Waals surface area contributed by atoms with E-state index in [1.807, 2.05) is 17.5 Å². The van der Waals surface area contributed by atoms with Gasteiger partial charge in [0.15, 0.2) is 0 Å². The van der Waals surface area contributed by atoms with Crippen LogP contribution in [-0.4, -0.2) is 31.9 Å². The van der Waals surface area contributed by atoms with Crippen LogP contribution in [0.15, 0.2) is 46.7 Å². The van der Waals surface area contributed by atoms with Gasteiger partial charge in [-0.1, -0.05) is 6.07 Å². The quantitative estimate of drug-likeness (QED) is 0.632. The van der Waals surface area contributed by atoms with Crippen LogP contribution in [0.3, 0.4) is 0 Å². The number of thiophene rings is 1. The number of carbonyl (C=O) groups excluding carboxylic acids is 1. The molecule has 2 aromatic rings. The first-order chi connectivity index (χ1) is 12.1. The normalized spacial score (nSPS) is 11.9. The maximum absolute atomic E-state index is 12.3. The van der Waals surface area contributed by atoms with Gasteiger partial charge in [-0.05, 0) is 49.6 Å². The summed E-state index contributed by atoms with van der Waals surface area (Å²) in [5.74, 6) is -1.48. The maximum Gasteiger partial charge on any atom is 0.310 e. The molecule has 7 nitrogen and oxygen atoms in total. The third-order valence-corrected chi connectivity index (χ3v) is 6.01. The molecule has 0 bridgehead atoms. The van der Waals surface area contributed by atoms with E-state index in [9.17, 15) is 18.0 Å². The van der Waals surface area contributed by atoms with Crippen molar-refractivity contribution in [3.05, 3.63) is 52.2 Å². The smallest absolute Gasteiger partial charge is 0.310 e. The molecule has 1 aromatic carbocycles. The summed E-state index contributed by atoms with van der Waals surface area (Å²) in [6, 6.07) is 9.14. The van der Waals surface area contributed by atoms with Crippen LogP contribution in [0, 0.1) is 5.41 Å². The van der Waals surface area contributed by atoms with E-state index < -0.39 is 27.3 Å². The molecule has 0 aliphatic heterocycles. The van der Waals surface area contributed by atoms with Crippen LogP contribution in [0.25, 0.3) is 0 Å². The molecular weight excluding hydrogens is 376 g/mol. The molecule has 140 valence electrons. The highest BCUT2D eigenvalue weighted by atomic mass is 32.2. The predicted molar refractivity (Wildman–Crippen MR) is 98.5 cm³/mol. The Bertz CT molecular complexity index is 872. The van der Waals surface area contributed by atoms with Crippen molar-refractivity contribution in [3.8, 4) is 0 Å². The number of carboxylic acid groups (broad SMARTS) is 1. The first-order valence-corrected chi connectivity index (χ1v) is 10.1. The van der Waals surface area contributed by atoms with Crippen molar-refractivity contribution in [2.45, 2.75) is 25.3 Å². The van der Waals surface area contributed by atoms with Crippen LogP contribution in [0.1, 0.15) is 29.1 Å². The van der Waals surface area contributed by atoms with E-state index in [1.54, 1.807) is 0 Å². The number of aliphatic carboxylic acids is 1. The van der Waals surface area contributed by atoms with Crippen molar-refractivity contribution in [2.75, 3.05) is 6.54 Å². The fourth-order valence-electron chi connectivity index (χ4n) is 1.93. The lowest BCUT2D eigenvalue weighted by Crippen LogP contribution is -2.38. The van der Waals surface area contributed by atoms with Crippen molar-refractivity contribution in [1.29, 1.82) is 0 Å². The molecule has 0 unspecified atom stereocenters. The zero-order valence-corrected chi connectivity index (χ0v) is 16.0. The van der Waals surface area contributed by atoms with Crippen molar-refractivity contribution in [1.82, 2.24) is 10.0 Å². The molecule has 1 amide bonds. The zero-order valence-electron chi connectivity index (χ0n) is 14.4. The van der Waals surface area contributed by atoms with Crippen molar-refractivity contribution in [3.63, 3.8) is 0 Å². The second-order valence-electron chi connectivity index (χ2n) is 6.30. The molecule has 1 heterocycles. The topological polar surface area (TPSA) is 113 Å². The molecule has 9 heteroatoms. The Labute approximate surface area is 156 Å². The number of amides is 1. The van der Waals surface area contributed by atoms with Crippen LogP contribution < -0.4 is 10.0 Å². The molecule has 0 atom stereocenters. The van der Waals surface area contributed by atoms with Crippen molar-refractivity contribution >= 4 is 33.2 Å². The summed E-state index contributed by atoms with van der Waals surface area (Å²) in [6.45, 7) is 3.17. The maximum atomic E-state index is 12.3. The third-order valence-electron chi connectivity index (χ3n) is 3.71. The number of hydrogen-bond donors (Lipinski definition) is 3. The molecular formula is C17H20N2O5S2. The number of rotatable bonds is 8. The van der Waals surface area contributed by atoms with E-state index in [-0.39, 0.29) is 23.5 Å². The van der Waals surface area contributed by atoms with Gasteiger partial charge in [0.25, 0.3) is 5.91 Å². The highest BCUT2D eigenvalue weighted by molar-refractivity contribution is 7.89. The van der Waals surface area contributed by atoms with Gasteiger partial charge in [-0.2, -0.15) is 0 Å². The van der Waals surface area contributed by atoms with E-state index >= 15 is 0 Å². The summed E-state index contributed by atoms with van der Waals surface area (Å²) >= 11 is 1.45. The Kier molecular flexibility index (Phi) is 6.17. The number of carbonyl (C=O) groups is 2. The predicted octanol–water partition coefficient (Wildman–Crippen LogP) is 2.07. The number of sulfonamides is 1. The number of hydrogen-bond acceptors (Lipinski definition) is 5. The second-order valence-corrected chi connectivity index (χ2v) is 9.10. The molecule has 0 spiro atoms. The fourth-order valence-corrected chi connectivity index (χ4v) is 3.67. The number of nitrogens with one attached hydrogen (secondary N) is 2. The highest BCUT2D eigenvalue weighted by Crippen LogP contribution is 2.15. The van der Waals surface area contributed by atoms with Gasteiger partial charge in [-0.15, -0.1) is 11.3 Å². The van der Waals surface area contributed by atoms with Crippen LogP contribution in [0.4, 0.5) is 0 Å². The Morgan fingerprint density at radius 3 is 2.35 bits per heavy atom. The van der Waals surface area contributed by atoms with Crippen molar-refractivity contribution < 1.29 is 23.1 Å². The van der Waals surface area contributed by atoms with Gasteiger partial charge < -0.3 is 10.4 Å². The van der Waals surface area contributed by atoms with E-state index in [0.717, 1.165) is 4.88 Å². The molecule has 2 rings (SSSR count). The average molecular weight is 396 g/mol. The highest BCUT2D eigenvalue weighted by Gasteiger charge is 2.27. The Morgan fingerprint density at radius 1 is 1.15 bits per heavy atom. The van der Waals surface area contributed by atoms with Crippen LogP contribution in [0.5, 0.6) is 0 Å². The Morgan fingerprint density at radius 2 is 1.81 bits per heavy atom. The molecule has 0 fully saturated rings. The molecule has 0 aliphatic carbocycles. The van der Waals surface area contributed by atoms with Gasteiger partial charge in [0.2, 0.25) is 10.0 Å². The van der Waals surface area contributed by atoms with E-state index in [1.165, 1.54) is 49.4 Å². The van der Waals surface area contributed by atoms with Crippen LogP contribution in [0.2, 0.25) is 0 Å². The summed E-state index contributed by atoms with van der Waals surface area (Å²) in [5.41, 5.74) is -0.839. The monoisotopic (exact) mass is 396 g/mol. The van der Waals surface area contributed by atoms with Gasteiger partial charge in [0.05, 0.1) is 10.3 Å². The van der Waals surface area contributed by atoms with E-state index in [0.29, 0.717) is 0 Å². The Balaban J connectivity index is 2.00. The van der Waals surface area contributed by atoms with Gasteiger partial charge in [-0.3, -0.25) is 9.59 Å². The van der Waals surface area contributed by atoms with Gasteiger partial charge in [0, 0.05) is 23.5 Å². The standard InChI is InChI=1S/C17H20N2O5S2/c1-17(2,16(21)22)11-18-15(20)12-5-7-14(8-6-12)26(23,24)19-10-13-4-3-9-25-13/h3-9,19H,10-11H2,1-2H3,(H,18,20)(H,21,22).